The summed E-state index contributed by atoms with van der Waals surface area (Å²) in [5.74, 6) is 0. The molecule has 96 valence electrons. The first-order valence-corrected chi connectivity index (χ1v) is 6.06. The second-order valence-electron chi connectivity index (χ2n) is 3.88. The zero-order valence-corrected chi connectivity index (χ0v) is 10.4. The summed E-state index contributed by atoms with van der Waals surface area (Å²) in [5.41, 5.74) is 8.13. The Morgan fingerprint density at radius 1 is 1.33 bits per heavy atom. The van der Waals surface area contributed by atoms with E-state index in [4.69, 9.17) is 5.73 Å². The fourth-order valence-electron chi connectivity index (χ4n) is 1.66. The van der Waals surface area contributed by atoms with E-state index in [9.17, 15) is 13.2 Å². The fraction of sp³-hybridized carbons (Fsp3) is 0.250. The number of alkyl halides is 3. The molecule has 6 heteroatoms. The molecule has 0 saturated carbocycles. The largest absolute Gasteiger partial charge is 0.443 e. The lowest BCUT2D eigenvalue weighted by atomic mass is 10.0. The van der Waals surface area contributed by atoms with Crippen molar-refractivity contribution in [3.8, 4) is 10.4 Å². The van der Waals surface area contributed by atoms with Gasteiger partial charge < -0.3 is 5.73 Å². The fourth-order valence-corrected chi connectivity index (χ4v) is 2.53. The van der Waals surface area contributed by atoms with Crippen LogP contribution in [-0.2, 0) is 12.7 Å². The topological polar surface area (TPSA) is 38.9 Å². The molecule has 18 heavy (non-hydrogen) atoms. The van der Waals surface area contributed by atoms with Crippen molar-refractivity contribution in [1.82, 2.24) is 4.98 Å². The van der Waals surface area contributed by atoms with Crippen LogP contribution in [0.3, 0.4) is 0 Å². The van der Waals surface area contributed by atoms with Crippen LogP contribution in [0.5, 0.6) is 0 Å². The Kier molecular flexibility index (Phi) is 3.41. The van der Waals surface area contributed by atoms with Crippen LogP contribution in [0.15, 0.2) is 24.4 Å². The third-order valence-electron chi connectivity index (χ3n) is 2.54. The highest BCUT2D eigenvalue weighted by Gasteiger charge is 2.34. The average Bonchev–Trinajstić information content (AvgIpc) is 2.77. The number of nitrogens with zero attached hydrogens (tertiary/aromatic N) is 1. The molecule has 2 nitrogen and oxygen atoms in total. The highest BCUT2D eigenvalue weighted by molar-refractivity contribution is 7.15. The van der Waals surface area contributed by atoms with E-state index in [1.54, 1.807) is 6.07 Å². The highest BCUT2D eigenvalue weighted by Crippen LogP contribution is 2.37. The van der Waals surface area contributed by atoms with E-state index in [0.29, 0.717) is 22.8 Å². The number of thiazole rings is 1. The maximum atomic E-state index is 12.5. The van der Waals surface area contributed by atoms with E-state index in [1.807, 2.05) is 19.1 Å². The van der Waals surface area contributed by atoms with E-state index < -0.39 is 11.2 Å². The number of hydrogen-bond donors (Lipinski definition) is 1. The van der Waals surface area contributed by atoms with E-state index in [-0.39, 0.29) is 0 Å². The summed E-state index contributed by atoms with van der Waals surface area (Å²) >= 11 is 0.653. The Balaban J connectivity index is 2.40. The van der Waals surface area contributed by atoms with Crippen LogP contribution in [-0.4, -0.2) is 4.98 Å². The molecule has 1 heterocycles. The van der Waals surface area contributed by atoms with Gasteiger partial charge in [0.2, 0.25) is 0 Å². The van der Waals surface area contributed by atoms with Crippen molar-refractivity contribution in [3.63, 3.8) is 0 Å². The zero-order chi connectivity index (χ0) is 13.3. The molecule has 0 spiro atoms. The Bertz CT molecular complexity index is 561. The molecule has 0 saturated heterocycles. The monoisotopic (exact) mass is 272 g/mol. The van der Waals surface area contributed by atoms with Gasteiger partial charge in [0.15, 0.2) is 5.01 Å². The van der Waals surface area contributed by atoms with Crippen molar-refractivity contribution < 1.29 is 13.2 Å². The minimum atomic E-state index is -4.38. The van der Waals surface area contributed by atoms with Crippen molar-refractivity contribution in [2.75, 3.05) is 0 Å². The number of nitrogens with two attached hydrogens (primary N) is 1. The lowest BCUT2D eigenvalue weighted by Gasteiger charge is -2.05. The number of hydrogen-bond acceptors (Lipinski definition) is 3. The first-order valence-electron chi connectivity index (χ1n) is 5.25. The molecule has 0 atom stereocenters. The van der Waals surface area contributed by atoms with Gasteiger partial charge in [-0.25, -0.2) is 4.98 Å². The van der Waals surface area contributed by atoms with Gasteiger partial charge in [-0.1, -0.05) is 18.2 Å². The molecule has 0 amide bonds. The van der Waals surface area contributed by atoms with Gasteiger partial charge in [0, 0.05) is 12.7 Å². The van der Waals surface area contributed by atoms with Crippen LogP contribution < -0.4 is 5.73 Å². The molecule has 0 radical (unpaired) electrons. The predicted octanol–water partition coefficient (Wildman–Crippen LogP) is 3.60. The second kappa shape index (κ2) is 4.70. The minimum Gasteiger partial charge on any atom is -0.326 e. The molecular weight excluding hydrogens is 261 g/mol. The molecule has 2 N–H and O–H groups in total. The molecule has 0 aliphatic carbocycles. The normalized spacial score (nSPS) is 11.8. The van der Waals surface area contributed by atoms with Gasteiger partial charge in [0.1, 0.15) is 0 Å². The van der Waals surface area contributed by atoms with Crippen molar-refractivity contribution in [1.29, 1.82) is 0 Å². The Morgan fingerprint density at radius 3 is 2.56 bits per heavy atom. The van der Waals surface area contributed by atoms with Crippen LogP contribution in [0.1, 0.15) is 16.1 Å². The molecule has 0 fully saturated rings. The highest BCUT2D eigenvalue weighted by atomic mass is 32.1. The van der Waals surface area contributed by atoms with E-state index in [2.05, 4.69) is 4.98 Å². The van der Waals surface area contributed by atoms with Gasteiger partial charge in [-0.2, -0.15) is 13.2 Å². The van der Waals surface area contributed by atoms with Crippen molar-refractivity contribution in [2.24, 2.45) is 5.73 Å². The molecule has 2 rings (SSSR count). The lowest BCUT2D eigenvalue weighted by Crippen LogP contribution is -2.02. The summed E-state index contributed by atoms with van der Waals surface area (Å²) in [5, 5.41) is -0.820. The standard InChI is InChI=1S/C12H11F3N2S/c1-7-4-8(5-16)2-3-9(7)10-6-17-11(18-10)12(13,14)15/h2-4,6H,5,16H2,1H3. The van der Waals surface area contributed by atoms with Gasteiger partial charge in [0.25, 0.3) is 0 Å². The van der Waals surface area contributed by atoms with E-state index in [0.717, 1.165) is 16.7 Å². The van der Waals surface area contributed by atoms with Gasteiger partial charge in [-0.15, -0.1) is 11.3 Å². The smallest absolute Gasteiger partial charge is 0.326 e. The maximum Gasteiger partial charge on any atom is 0.443 e. The Labute approximate surface area is 106 Å². The van der Waals surface area contributed by atoms with E-state index >= 15 is 0 Å². The molecule has 2 aromatic rings. The quantitative estimate of drug-likeness (QED) is 0.907. The SMILES string of the molecule is Cc1cc(CN)ccc1-c1cnc(C(F)(F)F)s1. The summed E-state index contributed by atoms with van der Waals surface area (Å²) in [7, 11) is 0. The second-order valence-corrected chi connectivity index (χ2v) is 4.91. The Hall–Kier alpha value is -1.40. The van der Waals surface area contributed by atoms with Crippen LogP contribution in [0.4, 0.5) is 13.2 Å². The molecule has 1 aromatic carbocycles. The van der Waals surface area contributed by atoms with Gasteiger partial charge in [-0.05, 0) is 23.6 Å². The summed E-state index contributed by atoms with van der Waals surface area (Å²) in [4.78, 5) is 3.93. The summed E-state index contributed by atoms with van der Waals surface area (Å²) < 4.78 is 37.4. The third kappa shape index (κ3) is 2.54. The first kappa shape index (κ1) is 13.0. The van der Waals surface area contributed by atoms with Crippen LogP contribution >= 0.6 is 11.3 Å². The molecule has 1 aromatic heterocycles. The Morgan fingerprint density at radius 2 is 2.06 bits per heavy atom. The van der Waals surface area contributed by atoms with Gasteiger partial charge in [-0.3, -0.25) is 0 Å². The first-order chi connectivity index (χ1) is 8.41. The van der Waals surface area contributed by atoms with Crippen molar-refractivity contribution in [3.05, 3.63) is 40.5 Å². The van der Waals surface area contributed by atoms with Crippen LogP contribution in [0, 0.1) is 6.92 Å². The van der Waals surface area contributed by atoms with Crippen molar-refractivity contribution in [2.45, 2.75) is 19.6 Å². The van der Waals surface area contributed by atoms with Crippen molar-refractivity contribution >= 4 is 11.3 Å². The molecule has 0 aliphatic heterocycles. The summed E-state index contributed by atoms with van der Waals surface area (Å²) in [6, 6.07) is 5.48. The molecule has 0 unspecified atom stereocenters. The van der Waals surface area contributed by atoms with Gasteiger partial charge in [0.05, 0.1) is 4.88 Å². The number of halogens is 3. The molecule has 0 bridgehead atoms. The van der Waals surface area contributed by atoms with Crippen LogP contribution in [0.25, 0.3) is 10.4 Å². The zero-order valence-electron chi connectivity index (χ0n) is 9.58. The van der Waals surface area contributed by atoms with Gasteiger partial charge >= 0.3 is 6.18 Å². The number of rotatable bonds is 2. The summed E-state index contributed by atoms with van der Waals surface area (Å²) in [6.07, 6.45) is -3.12. The predicted molar refractivity (Wildman–Crippen MR) is 65.2 cm³/mol. The van der Waals surface area contributed by atoms with Crippen LogP contribution in [0.2, 0.25) is 0 Å². The molecule has 0 aliphatic rings. The summed E-state index contributed by atoms with van der Waals surface area (Å²) in [6.45, 7) is 2.26. The number of aryl methyl sites for hydroxylation is 1. The maximum absolute atomic E-state index is 12.5. The lowest BCUT2D eigenvalue weighted by molar-refractivity contribution is -0.137. The van der Waals surface area contributed by atoms with E-state index in [1.165, 1.54) is 6.20 Å². The average molecular weight is 272 g/mol. The molecular formula is C12H11F3N2S. The third-order valence-corrected chi connectivity index (χ3v) is 3.62. The number of benzene rings is 1. The number of aromatic nitrogens is 1. The minimum absolute atomic E-state index is 0.414.